The minimum absolute atomic E-state index is 0.119. The average Bonchev–Trinajstić information content (AvgIpc) is 3.46. The quantitative estimate of drug-likeness (QED) is 0.494. The number of nitrogens with zero attached hydrogens (tertiary/aromatic N) is 5. The third-order valence-corrected chi connectivity index (χ3v) is 7.99. The Morgan fingerprint density at radius 2 is 2.08 bits per heavy atom. The van der Waals surface area contributed by atoms with E-state index in [2.05, 4.69) is 19.9 Å². The number of imidazole rings is 1. The number of nitrogen functional groups attached to an aromatic ring is 1. The SMILES string of the molecule is CC1(C)O[C@@H]2[C@@H](COP3(=O)OCCC(c4ccccn4)O3)O[C@@H](n3cnc4c(N)ncnc43)[C@]2(C)O1. The van der Waals surface area contributed by atoms with Gasteiger partial charge < -0.3 is 19.9 Å². The summed E-state index contributed by atoms with van der Waals surface area (Å²) in [6, 6.07) is 5.46. The molecule has 192 valence electrons. The molecule has 0 spiro atoms. The van der Waals surface area contributed by atoms with Crippen LogP contribution in [0.2, 0.25) is 0 Å². The van der Waals surface area contributed by atoms with Gasteiger partial charge in [0.1, 0.15) is 35.8 Å². The zero-order valence-electron chi connectivity index (χ0n) is 20.0. The van der Waals surface area contributed by atoms with Gasteiger partial charge in [0, 0.05) is 12.6 Å². The Labute approximate surface area is 206 Å². The third-order valence-electron chi connectivity index (χ3n) is 6.51. The molecule has 0 saturated carbocycles. The fraction of sp³-hybridized carbons (Fsp3) is 0.545. The summed E-state index contributed by atoms with van der Waals surface area (Å²) in [6.45, 7) is 5.63. The van der Waals surface area contributed by atoms with Crippen LogP contribution in [0.15, 0.2) is 37.1 Å². The Morgan fingerprint density at radius 1 is 1.22 bits per heavy atom. The predicted octanol–water partition coefficient (Wildman–Crippen LogP) is 2.91. The number of pyridine rings is 1. The van der Waals surface area contributed by atoms with Crippen LogP contribution in [0, 0.1) is 0 Å². The number of nitrogens with two attached hydrogens (primary N) is 1. The summed E-state index contributed by atoms with van der Waals surface area (Å²) in [6.07, 6.45) is 2.70. The summed E-state index contributed by atoms with van der Waals surface area (Å²) in [7, 11) is -3.88. The van der Waals surface area contributed by atoms with E-state index in [4.69, 9.17) is 33.5 Å². The second-order valence-corrected chi connectivity index (χ2v) is 11.2. The van der Waals surface area contributed by atoms with E-state index in [0.29, 0.717) is 23.3 Å². The molecular weight excluding hydrogens is 491 g/mol. The first-order chi connectivity index (χ1) is 17.2. The minimum Gasteiger partial charge on any atom is -0.382 e. The number of hydrogen-bond donors (Lipinski definition) is 1. The van der Waals surface area contributed by atoms with Crippen LogP contribution in [-0.2, 0) is 32.3 Å². The van der Waals surface area contributed by atoms with Gasteiger partial charge in [-0.2, -0.15) is 0 Å². The fourth-order valence-electron chi connectivity index (χ4n) is 5.06. The summed E-state index contributed by atoms with van der Waals surface area (Å²) in [4.78, 5) is 17.0. The molecule has 3 aromatic rings. The van der Waals surface area contributed by atoms with Crippen LogP contribution in [0.25, 0.3) is 11.2 Å². The highest BCUT2D eigenvalue weighted by atomic mass is 31.2. The molecule has 3 saturated heterocycles. The maximum atomic E-state index is 13.3. The lowest BCUT2D eigenvalue weighted by molar-refractivity contribution is -0.217. The summed E-state index contributed by atoms with van der Waals surface area (Å²) < 4.78 is 50.9. The molecule has 3 aliphatic rings. The standard InChI is InChI=1S/C22H27N6O7P/c1-21(2)33-17-15(10-31-36(29)30-9-7-14(34-36)13-6-4-5-8-24-13)32-20(22(17,3)35-21)28-12-27-16-18(23)25-11-26-19(16)28/h4-6,8,11-12,14-15,17,20H,7,9-10H2,1-3H3,(H2,23,25,26)/t14?,15-,17-,20-,22-,36?/m1/s1. The van der Waals surface area contributed by atoms with Gasteiger partial charge in [-0.15, -0.1) is 0 Å². The van der Waals surface area contributed by atoms with E-state index in [1.165, 1.54) is 6.33 Å². The monoisotopic (exact) mass is 518 g/mol. The van der Waals surface area contributed by atoms with Crippen molar-refractivity contribution in [2.45, 2.75) is 63.1 Å². The Morgan fingerprint density at radius 3 is 2.89 bits per heavy atom. The van der Waals surface area contributed by atoms with Crippen molar-refractivity contribution < 1.29 is 32.3 Å². The molecule has 3 aromatic heterocycles. The van der Waals surface area contributed by atoms with Gasteiger partial charge in [-0.1, -0.05) is 6.07 Å². The first-order valence-electron chi connectivity index (χ1n) is 11.6. The van der Waals surface area contributed by atoms with E-state index in [1.54, 1.807) is 23.2 Å². The van der Waals surface area contributed by atoms with Crippen LogP contribution in [0.1, 0.15) is 45.2 Å². The maximum absolute atomic E-state index is 13.3. The van der Waals surface area contributed by atoms with Gasteiger partial charge in [0.25, 0.3) is 0 Å². The number of phosphoric acid groups is 1. The molecule has 3 fully saturated rings. The van der Waals surface area contributed by atoms with Crippen molar-refractivity contribution in [3.05, 3.63) is 42.7 Å². The van der Waals surface area contributed by atoms with E-state index in [9.17, 15) is 4.57 Å². The highest BCUT2D eigenvalue weighted by molar-refractivity contribution is 7.48. The molecule has 0 aliphatic carbocycles. The van der Waals surface area contributed by atoms with Crippen LogP contribution >= 0.6 is 7.82 Å². The smallest absolute Gasteiger partial charge is 0.382 e. The van der Waals surface area contributed by atoms with E-state index < -0.39 is 43.8 Å². The molecule has 14 heteroatoms. The van der Waals surface area contributed by atoms with Crippen molar-refractivity contribution >= 4 is 24.8 Å². The van der Waals surface area contributed by atoms with Gasteiger partial charge in [0.2, 0.25) is 0 Å². The number of phosphoric ester groups is 1. The van der Waals surface area contributed by atoms with E-state index in [-0.39, 0.29) is 19.0 Å². The first-order valence-corrected chi connectivity index (χ1v) is 13.1. The Kier molecular flexibility index (Phi) is 5.65. The molecule has 0 bridgehead atoms. The molecular formula is C22H27N6O7P. The fourth-order valence-corrected chi connectivity index (χ4v) is 6.44. The van der Waals surface area contributed by atoms with Crippen molar-refractivity contribution in [1.29, 1.82) is 0 Å². The van der Waals surface area contributed by atoms with Crippen LogP contribution in [0.4, 0.5) is 5.82 Å². The lowest BCUT2D eigenvalue weighted by Gasteiger charge is -2.30. The highest BCUT2D eigenvalue weighted by Crippen LogP contribution is 2.58. The van der Waals surface area contributed by atoms with Crippen LogP contribution < -0.4 is 5.73 Å². The summed E-state index contributed by atoms with van der Waals surface area (Å²) in [5.41, 5.74) is 6.64. The van der Waals surface area contributed by atoms with Crippen molar-refractivity contribution in [3.8, 4) is 0 Å². The number of rotatable bonds is 5. The van der Waals surface area contributed by atoms with E-state index in [0.717, 1.165) is 0 Å². The lowest BCUT2D eigenvalue weighted by atomic mass is 9.96. The summed E-state index contributed by atoms with van der Waals surface area (Å²) >= 11 is 0. The second kappa shape index (κ2) is 8.52. The van der Waals surface area contributed by atoms with Crippen LogP contribution in [0.5, 0.6) is 0 Å². The van der Waals surface area contributed by atoms with Crippen LogP contribution in [-0.4, -0.2) is 61.3 Å². The van der Waals surface area contributed by atoms with Crippen molar-refractivity contribution in [2.24, 2.45) is 0 Å². The molecule has 0 aromatic carbocycles. The molecule has 0 amide bonds. The summed E-state index contributed by atoms with van der Waals surface area (Å²) in [5.74, 6) is -0.634. The zero-order valence-corrected chi connectivity index (χ0v) is 20.9. The van der Waals surface area contributed by atoms with Crippen LogP contribution in [0.3, 0.4) is 0 Å². The molecule has 6 rings (SSSR count). The first kappa shape index (κ1) is 23.9. The van der Waals surface area contributed by atoms with Gasteiger partial charge in [-0.05, 0) is 32.9 Å². The average molecular weight is 518 g/mol. The van der Waals surface area contributed by atoms with E-state index >= 15 is 0 Å². The van der Waals surface area contributed by atoms with E-state index in [1.807, 2.05) is 32.9 Å². The molecule has 2 unspecified atom stereocenters. The number of fused-ring (bicyclic) bond motifs is 2. The van der Waals surface area contributed by atoms with Gasteiger partial charge in [-0.25, -0.2) is 19.5 Å². The molecule has 2 N–H and O–H groups in total. The summed E-state index contributed by atoms with van der Waals surface area (Å²) in [5, 5.41) is 0. The number of hydrogen-bond acceptors (Lipinski definition) is 12. The third kappa shape index (κ3) is 4.01. The molecule has 13 nitrogen and oxygen atoms in total. The molecule has 6 heterocycles. The molecule has 36 heavy (non-hydrogen) atoms. The van der Waals surface area contributed by atoms with Gasteiger partial charge in [0.15, 0.2) is 23.5 Å². The Hall–Kier alpha value is -2.51. The second-order valence-electron chi connectivity index (χ2n) is 9.55. The Bertz CT molecular complexity index is 1320. The van der Waals surface area contributed by atoms with Gasteiger partial charge in [-0.3, -0.25) is 23.1 Å². The largest absolute Gasteiger partial charge is 0.475 e. The highest BCUT2D eigenvalue weighted by Gasteiger charge is 2.64. The topological polar surface area (TPSA) is 155 Å². The van der Waals surface area contributed by atoms with Crippen molar-refractivity contribution in [2.75, 3.05) is 18.9 Å². The van der Waals surface area contributed by atoms with Gasteiger partial charge in [0.05, 0.1) is 25.2 Å². The lowest BCUT2D eigenvalue weighted by Crippen LogP contribution is -2.42. The molecule has 0 radical (unpaired) electrons. The maximum Gasteiger partial charge on any atom is 0.475 e. The number of ether oxygens (including phenoxy) is 3. The predicted molar refractivity (Wildman–Crippen MR) is 124 cm³/mol. The Balaban J connectivity index is 1.25. The normalized spacial score (nSPS) is 35.8. The minimum atomic E-state index is -3.88. The van der Waals surface area contributed by atoms with Gasteiger partial charge >= 0.3 is 7.82 Å². The zero-order chi connectivity index (χ0) is 25.1. The van der Waals surface area contributed by atoms with Crippen molar-refractivity contribution in [3.63, 3.8) is 0 Å². The van der Waals surface area contributed by atoms with Crippen molar-refractivity contribution in [1.82, 2.24) is 24.5 Å². The molecule has 3 aliphatic heterocycles. The number of aromatic nitrogens is 5. The number of anilines is 1. The molecule has 6 atom stereocenters.